The predicted molar refractivity (Wildman–Crippen MR) is 74.4 cm³/mol. The van der Waals surface area contributed by atoms with Crippen molar-refractivity contribution in [2.75, 3.05) is 0 Å². The van der Waals surface area contributed by atoms with E-state index in [1.54, 1.807) is 24.3 Å². The molecular formula is C15H10BrFO2. The largest absolute Gasteiger partial charge is 0.455 e. The highest BCUT2D eigenvalue weighted by atomic mass is 79.9. The topological polar surface area (TPSA) is 33.4 Å². The summed E-state index contributed by atoms with van der Waals surface area (Å²) in [5.74, 6) is -0.102. The van der Waals surface area contributed by atoms with Crippen molar-refractivity contribution in [2.24, 2.45) is 0 Å². The summed E-state index contributed by atoms with van der Waals surface area (Å²) in [6, 6.07) is 13.7. The summed E-state index contributed by atoms with van der Waals surface area (Å²) in [5, 5.41) is 11.0. The highest BCUT2D eigenvalue weighted by Crippen LogP contribution is 2.32. The van der Waals surface area contributed by atoms with Gasteiger partial charge >= 0.3 is 0 Å². The molecule has 0 spiro atoms. The van der Waals surface area contributed by atoms with Gasteiger partial charge in [-0.25, -0.2) is 4.39 Å². The van der Waals surface area contributed by atoms with Gasteiger partial charge in [0, 0.05) is 15.4 Å². The third-order valence-corrected chi connectivity index (χ3v) is 3.71. The van der Waals surface area contributed by atoms with Crippen LogP contribution in [0.5, 0.6) is 0 Å². The first-order chi connectivity index (χ1) is 9.16. The molecule has 0 fully saturated rings. The van der Waals surface area contributed by atoms with Crippen LogP contribution in [0.2, 0.25) is 0 Å². The van der Waals surface area contributed by atoms with Crippen molar-refractivity contribution in [3.63, 3.8) is 0 Å². The molecule has 0 radical (unpaired) electrons. The monoisotopic (exact) mass is 320 g/mol. The highest BCUT2D eigenvalue weighted by molar-refractivity contribution is 9.10. The molecule has 1 heterocycles. The number of aliphatic hydroxyl groups excluding tert-OH is 1. The molecule has 1 N–H and O–H groups in total. The summed E-state index contributed by atoms with van der Waals surface area (Å²) >= 11 is 3.38. The van der Waals surface area contributed by atoms with Crippen LogP contribution in [0.1, 0.15) is 17.4 Å². The van der Waals surface area contributed by atoms with Gasteiger partial charge in [-0.05, 0) is 18.2 Å². The predicted octanol–water partition coefficient (Wildman–Crippen LogP) is 4.42. The lowest BCUT2D eigenvalue weighted by molar-refractivity contribution is 0.191. The van der Waals surface area contributed by atoms with Crippen molar-refractivity contribution in [1.82, 2.24) is 0 Å². The lowest BCUT2D eigenvalue weighted by Gasteiger charge is -2.09. The summed E-state index contributed by atoms with van der Waals surface area (Å²) in [6.45, 7) is 0. The van der Waals surface area contributed by atoms with E-state index in [0.717, 1.165) is 4.47 Å². The van der Waals surface area contributed by atoms with Crippen molar-refractivity contribution in [2.45, 2.75) is 6.10 Å². The molecule has 96 valence electrons. The Balaban J connectivity index is 2.10. The molecule has 2 nitrogen and oxygen atoms in total. The molecule has 19 heavy (non-hydrogen) atoms. The third kappa shape index (κ3) is 2.17. The second-order valence-corrected chi connectivity index (χ2v) is 5.09. The Labute approximate surface area is 117 Å². The van der Waals surface area contributed by atoms with Gasteiger partial charge in [0.15, 0.2) is 11.4 Å². The highest BCUT2D eigenvalue weighted by Gasteiger charge is 2.18. The van der Waals surface area contributed by atoms with Crippen LogP contribution in [0, 0.1) is 5.82 Å². The number of fused-ring (bicyclic) bond motifs is 1. The molecule has 0 saturated carbocycles. The maximum absolute atomic E-state index is 13.6. The maximum Gasteiger partial charge on any atom is 0.170 e. The minimum Gasteiger partial charge on any atom is -0.455 e. The second kappa shape index (κ2) is 4.79. The fourth-order valence-electron chi connectivity index (χ4n) is 2.03. The van der Waals surface area contributed by atoms with Crippen LogP contribution in [0.3, 0.4) is 0 Å². The van der Waals surface area contributed by atoms with Crippen LogP contribution in [-0.2, 0) is 0 Å². The first kappa shape index (κ1) is 12.4. The first-order valence-corrected chi connectivity index (χ1v) is 6.56. The van der Waals surface area contributed by atoms with Crippen molar-refractivity contribution < 1.29 is 13.9 Å². The van der Waals surface area contributed by atoms with E-state index in [9.17, 15) is 9.50 Å². The molecule has 3 aromatic rings. The minimum atomic E-state index is -0.928. The minimum absolute atomic E-state index is 0.170. The van der Waals surface area contributed by atoms with Crippen molar-refractivity contribution in [3.8, 4) is 0 Å². The van der Waals surface area contributed by atoms with Gasteiger partial charge in [0.05, 0.1) is 0 Å². The van der Waals surface area contributed by atoms with E-state index in [0.29, 0.717) is 16.7 Å². The Morgan fingerprint density at radius 3 is 2.63 bits per heavy atom. The number of benzene rings is 2. The molecule has 0 aliphatic carbocycles. The molecule has 3 rings (SSSR count). The standard InChI is InChI=1S/C15H10BrFO2/c16-11-6-2-1-5-10(11)14(18)13-8-9-4-3-7-12(17)15(9)19-13/h1-8,14,18H. The van der Waals surface area contributed by atoms with E-state index in [2.05, 4.69) is 15.9 Å². The molecule has 0 amide bonds. The Morgan fingerprint density at radius 2 is 1.89 bits per heavy atom. The fourth-order valence-corrected chi connectivity index (χ4v) is 2.53. The van der Waals surface area contributed by atoms with Crippen LogP contribution >= 0.6 is 15.9 Å². The van der Waals surface area contributed by atoms with Gasteiger partial charge in [0.1, 0.15) is 11.9 Å². The maximum atomic E-state index is 13.6. The zero-order chi connectivity index (χ0) is 13.4. The van der Waals surface area contributed by atoms with Gasteiger partial charge in [-0.3, -0.25) is 0 Å². The molecule has 1 aromatic heterocycles. The van der Waals surface area contributed by atoms with Gasteiger partial charge in [-0.15, -0.1) is 0 Å². The molecular weight excluding hydrogens is 311 g/mol. The van der Waals surface area contributed by atoms with Crippen LogP contribution in [0.25, 0.3) is 11.0 Å². The first-order valence-electron chi connectivity index (χ1n) is 5.77. The van der Waals surface area contributed by atoms with Crippen LogP contribution in [0.15, 0.2) is 57.4 Å². The summed E-state index contributed by atoms with van der Waals surface area (Å²) in [5.41, 5.74) is 0.852. The Morgan fingerprint density at radius 1 is 1.11 bits per heavy atom. The van der Waals surface area contributed by atoms with Crippen molar-refractivity contribution in [1.29, 1.82) is 0 Å². The van der Waals surface area contributed by atoms with Crippen LogP contribution in [0.4, 0.5) is 4.39 Å². The lowest BCUT2D eigenvalue weighted by Crippen LogP contribution is -1.98. The van der Waals surface area contributed by atoms with Gasteiger partial charge in [0.25, 0.3) is 0 Å². The van der Waals surface area contributed by atoms with Crippen molar-refractivity contribution >= 4 is 26.9 Å². The summed E-state index contributed by atoms with van der Waals surface area (Å²) in [6.07, 6.45) is -0.928. The van der Waals surface area contributed by atoms with Gasteiger partial charge in [-0.1, -0.05) is 46.3 Å². The van der Waals surface area contributed by atoms with E-state index in [-0.39, 0.29) is 5.58 Å². The SMILES string of the molecule is OC(c1cc2cccc(F)c2o1)c1ccccc1Br. The van der Waals surface area contributed by atoms with E-state index >= 15 is 0 Å². The number of para-hydroxylation sites is 1. The zero-order valence-electron chi connectivity index (χ0n) is 9.81. The summed E-state index contributed by atoms with van der Waals surface area (Å²) < 4.78 is 19.8. The number of furan rings is 1. The number of hydrogen-bond acceptors (Lipinski definition) is 2. The lowest BCUT2D eigenvalue weighted by atomic mass is 10.1. The summed E-state index contributed by atoms with van der Waals surface area (Å²) in [4.78, 5) is 0. The quantitative estimate of drug-likeness (QED) is 0.758. The van der Waals surface area contributed by atoms with Crippen molar-refractivity contribution in [3.05, 3.63) is 70.1 Å². The van der Waals surface area contributed by atoms with E-state index in [1.165, 1.54) is 6.07 Å². The van der Waals surface area contributed by atoms with Gasteiger partial charge in [0.2, 0.25) is 0 Å². The molecule has 0 aliphatic rings. The average molecular weight is 321 g/mol. The molecule has 0 saturated heterocycles. The smallest absolute Gasteiger partial charge is 0.170 e. The molecule has 1 unspecified atom stereocenters. The number of halogens is 2. The zero-order valence-corrected chi connectivity index (χ0v) is 11.4. The molecule has 0 bridgehead atoms. The normalized spacial score (nSPS) is 12.8. The molecule has 4 heteroatoms. The van der Waals surface area contributed by atoms with Crippen LogP contribution in [-0.4, -0.2) is 5.11 Å². The number of hydrogen-bond donors (Lipinski definition) is 1. The van der Waals surface area contributed by atoms with Crippen LogP contribution < -0.4 is 0 Å². The Bertz CT molecular complexity index is 736. The number of aliphatic hydroxyl groups is 1. The molecule has 1 atom stereocenters. The van der Waals surface area contributed by atoms with E-state index in [4.69, 9.17) is 4.42 Å². The Hall–Kier alpha value is -1.65. The van der Waals surface area contributed by atoms with Gasteiger partial charge < -0.3 is 9.52 Å². The van der Waals surface area contributed by atoms with Gasteiger partial charge in [-0.2, -0.15) is 0 Å². The third-order valence-electron chi connectivity index (χ3n) is 2.98. The van der Waals surface area contributed by atoms with E-state index in [1.807, 2.05) is 18.2 Å². The average Bonchev–Trinajstić information content (AvgIpc) is 2.84. The fraction of sp³-hybridized carbons (Fsp3) is 0.0667. The van der Waals surface area contributed by atoms with E-state index < -0.39 is 11.9 Å². The number of rotatable bonds is 2. The summed E-state index contributed by atoms with van der Waals surface area (Å²) in [7, 11) is 0. The molecule has 0 aliphatic heterocycles. The Kier molecular flexibility index (Phi) is 3.12. The molecule has 2 aromatic carbocycles. The second-order valence-electron chi connectivity index (χ2n) is 4.23.